The first-order chi connectivity index (χ1) is 9.75. The fourth-order valence-corrected chi connectivity index (χ4v) is 4.96. The Morgan fingerprint density at radius 2 is 1.75 bits per heavy atom. The standard InChI is InChI=1S/C18H36N2/c1-3-8-16-9-7-13-18(15-19,14-12-16)20(4-2)17-10-5-6-11-17/h16-17H,3-15,19H2,1-2H3. The van der Waals surface area contributed by atoms with Gasteiger partial charge in [0.15, 0.2) is 0 Å². The highest BCUT2D eigenvalue weighted by atomic mass is 15.2. The minimum atomic E-state index is 0.326. The van der Waals surface area contributed by atoms with Crippen molar-refractivity contribution in [3.05, 3.63) is 0 Å². The van der Waals surface area contributed by atoms with Gasteiger partial charge in [-0.15, -0.1) is 0 Å². The second kappa shape index (κ2) is 7.79. The molecule has 0 aliphatic heterocycles. The average Bonchev–Trinajstić information content (AvgIpc) is 2.90. The van der Waals surface area contributed by atoms with Gasteiger partial charge in [0.2, 0.25) is 0 Å². The molecule has 2 atom stereocenters. The predicted molar refractivity (Wildman–Crippen MR) is 87.9 cm³/mol. The Bertz CT molecular complexity index is 273. The number of rotatable bonds is 6. The van der Waals surface area contributed by atoms with E-state index in [0.29, 0.717) is 5.54 Å². The van der Waals surface area contributed by atoms with Crippen molar-refractivity contribution in [3.63, 3.8) is 0 Å². The summed E-state index contributed by atoms with van der Waals surface area (Å²) in [5.41, 5.74) is 6.66. The van der Waals surface area contributed by atoms with E-state index in [-0.39, 0.29) is 0 Å². The maximum absolute atomic E-state index is 6.33. The van der Waals surface area contributed by atoms with Gasteiger partial charge in [-0.2, -0.15) is 0 Å². The van der Waals surface area contributed by atoms with Crippen LogP contribution in [0.15, 0.2) is 0 Å². The largest absolute Gasteiger partial charge is 0.329 e. The van der Waals surface area contributed by atoms with Crippen LogP contribution >= 0.6 is 0 Å². The van der Waals surface area contributed by atoms with Gasteiger partial charge in [-0.3, -0.25) is 4.90 Å². The molecular weight excluding hydrogens is 244 g/mol. The fourth-order valence-electron chi connectivity index (χ4n) is 4.96. The monoisotopic (exact) mass is 280 g/mol. The van der Waals surface area contributed by atoms with Crippen LogP contribution in [-0.2, 0) is 0 Å². The summed E-state index contributed by atoms with van der Waals surface area (Å²) in [5, 5.41) is 0. The third kappa shape index (κ3) is 3.57. The van der Waals surface area contributed by atoms with Gasteiger partial charge in [0.1, 0.15) is 0 Å². The van der Waals surface area contributed by atoms with Crippen LogP contribution in [-0.4, -0.2) is 29.6 Å². The van der Waals surface area contributed by atoms with Crippen LogP contribution in [0.4, 0.5) is 0 Å². The van der Waals surface area contributed by atoms with Gasteiger partial charge in [-0.05, 0) is 44.6 Å². The van der Waals surface area contributed by atoms with Crippen LogP contribution in [0.1, 0.15) is 84.5 Å². The van der Waals surface area contributed by atoms with Crippen molar-refractivity contribution < 1.29 is 0 Å². The molecule has 2 rings (SSSR count). The Labute approximate surface area is 126 Å². The lowest BCUT2D eigenvalue weighted by atomic mass is 9.85. The third-order valence-corrected chi connectivity index (χ3v) is 6.06. The smallest absolute Gasteiger partial charge is 0.0334 e. The number of hydrogen-bond donors (Lipinski definition) is 1. The van der Waals surface area contributed by atoms with Crippen LogP contribution in [0.5, 0.6) is 0 Å². The van der Waals surface area contributed by atoms with Crippen molar-refractivity contribution in [1.82, 2.24) is 4.90 Å². The molecule has 2 aliphatic rings. The summed E-state index contributed by atoms with van der Waals surface area (Å²) in [6.45, 7) is 6.75. The summed E-state index contributed by atoms with van der Waals surface area (Å²) >= 11 is 0. The Morgan fingerprint density at radius 1 is 1.00 bits per heavy atom. The van der Waals surface area contributed by atoms with E-state index in [1.165, 1.54) is 77.2 Å². The van der Waals surface area contributed by atoms with Gasteiger partial charge >= 0.3 is 0 Å². The van der Waals surface area contributed by atoms with Gasteiger partial charge in [0, 0.05) is 18.1 Å². The molecule has 20 heavy (non-hydrogen) atoms. The van der Waals surface area contributed by atoms with E-state index in [1.807, 2.05) is 0 Å². The van der Waals surface area contributed by atoms with Crippen molar-refractivity contribution in [2.24, 2.45) is 11.7 Å². The second-order valence-electron chi connectivity index (χ2n) is 7.24. The Morgan fingerprint density at radius 3 is 2.35 bits per heavy atom. The summed E-state index contributed by atoms with van der Waals surface area (Å²) in [5.74, 6) is 0.968. The topological polar surface area (TPSA) is 29.3 Å². The molecule has 2 aliphatic carbocycles. The molecule has 2 saturated carbocycles. The van der Waals surface area contributed by atoms with Gasteiger partial charge in [0.05, 0.1) is 0 Å². The van der Waals surface area contributed by atoms with E-state index in [4.69, 9.17) is 5.73 Å². The van der Waals surface area contributed by atoms with E-state index in [9.17, 15) is 0 Å². The molecule has 0 heterocycles. The highest BCUT2D eigenvalue weighted by Gasteiger charge is 2.40. The number of likely N-dealkylation sites (N-methyl/N-ethyl adjacent to an activating group) is 1. The second-order valence-corrected chi connectivity index (χ2v) is 7.24. The number of nitrogens with two attached hydrogens (primary N) is 1. The van der Waals surface area contributed by atoms with Crippen LogP contribution < -0.4 is 5.73 Å². The molecule has 2 heteroatoms. The molecule has 0 aromatic carbocycles. The summed E-state index contributed by atoms with van der Waals surface area (Å²) in [4.78, 5) is 2.83. The van der Waals surface area contributed by atoms with Crippen molar-refractivity contribution >= 4 is 0 Å². The minimum Gasteiger partial charge on any atom is -0.329 e. The molecule has 0 spiro atoms. The highest BCUT2D eigenvalue weighted by Crippen LogP contribution is 2.39. The van der Waals surface area contributed by atoms with Crippen molar-refractivity contribution in [2.45, 2.75) is 96.1 Å². The van der Waals surface area contributed by atoms with Crippen LogP contribution in [0.25, 0.3) is 0 Å². The Kier molecular flexibility index (Phi) is 6.35. The SMILES string of the molecule is CCCC1CCCC(CN)(N(CC)C2CCCC2)CC1. The lowest BCUT2D eigenvalue weighted by Crippen LogP contribution is -2.57. The van der Waals surface area contributed by atoms with Crippen molar-refractivity contribution in [2.75, 3.05) is 13.1 Å². The Balaban J connectivity index is 2.06. The quantitative estimate of drug-likeness (QED) is 0.734. The van der Waals surface area contributed by atoms with Crippen LogP contribution in [0.3, 0.4) is 0 Å². The summed E-state index contributed by atoms with van der Waals surface area (Å²) in [6, 6.07) is 0.825. The number of nitrogens with zero attached hydrogens (tertiary/aromatic N) is 1. The average molecular weight is 280 g/mol. The first-order valence-electron chi connectivity index (χ1n) is 9.22. The zero-order chi connectivity index (χ0) is 14.4. The molecule has 0 aromatic rings. The molecule has 0 bridgehead atoms. The zero-order valence-electron chi connectivity index (χ0n) is 13.9. The normalized spacial score (nSPS) is 32.7. The lowest BCUT2D eigenvalue weighted by Gasteiger charge is -2.46. The Hall–Kier alpha value is -0.0800. The maximum atomic E-state index is 6.33. The molecule has 2 fully saturated rings. The molecule has 0 amide bonds. The van der Waals surface area contributed by atoms with Gasteiger partial charge in [0.25, 0.3) is 0 Å². The minimum absolute atomic E-state index is 0.326. The summed E-state index contributed by atoms with van der Waals surface area (Å²) in [7, 11) is 0. The summed E-state index contributed by atoms with van der Waals surface area (Å²) < 4.78 is 0. The zero-order valence-corrected chi connectivity index (χ0v) is 13.9. The number of hydrogen-bond acceptors (Lipinski definition) is 2. The molecular formula is C18H36N2. The molecule has 2 nitrogen and oxygen atoms in total. The molecule has 0 saturated heterocycles. The third-order valence-electron chi connectivity index (χ3n) is 6.06. The molecule has 2 unspecified atom stereocenters. The van der Waals surface area contributed by atoms with Gasteiger partial charge in [-0.1, -0.05) is 52.4 Å². The molecule has 0 aromatic heterocycles. The highest BCUT2D eigenvalue weighted by molar-refractivity contribution is 4.97. The van der Waals surface area contributed by atoms with Gasteiger partial charge < -0.3 is 5.73 Å². The molecule has 2 N–H and O–H groups in total. The maximum Gasteiger partial charge on any atom is 0.0334 e. The first-order valence-corrected chi connectivity index (χ1v) is 9.22. The fraction of sp³-hybridized carbons (Fsp3) is 1.00. The van der Waals surface area contributed by atoms with E-state index >= 15 is 0 Å². The lowest BCUT2D eigenvalue weighted by molar-refractivity contribution is 0.0409. The molecule has 0 radical (unpaired) electrons. The van der Waals surface area contributed by atoms with Gasteiger partial charge in [-0.25, -0.2) is 0 Å². The molecule has 118 valence electrons. The summed E-state index contributed by atoms with van der Waals surface area (Å²) in [6.07, 6.45) is 15.4. The van der Waals surface area contributed by atoms with E-state index in [0.717, 1.165) is 18.5 Å². The van der Waals surface area contributed by atoms with E-state index in [1.54, 1.807) is 0 Å². The van der Waals surface area contributed by atoms with Crippen molar-refractivity contribution in [3.8, 4) is 0 Å². The van der Waals surface area contributed by atoms with E-state index < -0.39 is 0 Å². The van der Waals surface area contributed by atoms with E-state index in [2.05, 4.69) is 18.7 Å². The van der Waals surface area contributed by atoms with Crippen LogP contribution in [0.2, 0.25) is 0 Å². The predicted octanol–water partition coefficient (Wildman–Crippen LogP) is 4.33. The van der Waals surface area contributed by atoms with Crippen LogP contribution in [0, 0.1) is 5.92 Å². The van der Waals surface area contributed by atoms with Crippen molar-refractivity contribution in [1.29, 1.82) is 0 Å². The first kappa shape index (κ1) is 16.3.